The van der Waals surface area contributed by atoms with Crippen molar-refractivity contribution in [2.45, 2.75) is 16.7 Å². The maximum absolute atomic E-state index is 6.38. The topological polar surface area (TPSA) is 28.4 Å². The fourth-order valence-corrected chi connectivity index (χ4v) is 7.14. The number of hydrogen-bond acceptors (Lipinski definition) is 4. The molecule has 4 heteroatoms. The van der Waals surface area contributed by atoms with Gasteiger partial charge in [0, 0.05) is 28.2 Å². The van der Waals surface area contributed by atoms with Crippen LogP contribution in [0, 0.1) is 0 Å². The van der Waals surface area contributed by atoms with Crippen molar-refractivity contribution >= 4 is 50.8 Å². The molecule has 3 heterocycles. The third kappa shape index (κ3) is 4.32. The largest absolute Gasteiger partial charge is 0.456 e. The molecule has 1 N–H and O–H groups in total. The Kier molecular flexibility index (Phi) is 5.93. The van der Waals surface area contributed by atoms with E-state index in [1.807, 2.05) is 17.8 Å². The molecule has 0 radical (unpaired) electrons. The Balaban J connectivity index is 1.16. The second-order valence-corrected chi connectivity index (χ2v) is 11.7. The molecule has 0 fully saturated rings. The minimum Gasteiger partial charge on any atom is -0.456 e. The number of hydrogen-bond donors (Lipinski definition) is 1. The maximum Gasteiger partial charge on any atom is 0.137 e. The van der Waals surface area contributed by atoms with E-state index in [1.165, 1.54) is 49.6 Å². The second kappa shape index (κ2) is 10.1. The van der Waals surface area contributed by atoms with Crippen LogP contribution in [0.3, 0.4) is 0 Å². The van der Waals surface area contributed by atoms with E-state index in [0.29, 0.717) is 0 Å². The highest BCUT2D eigenvalue weighted by Crippen LogP contribution is 2.52. The van der Waals surface area contributed by atoms with Crippen LogP contribution in [0.4, 0.5) is 17.1 Å². The third-order valence-corrected chi connectivity index (χ3v) is 9.22. The summed E-state index contributed by atoms with van der Waals surface area (Å²) < 4.78 is 6.38. The summed E-state index contributed by atoms with van der Waals surface area (Å²) in [4.78, 5) is 3.66. The van der Waals surface area contributed by atoms with Gasteiger partial charge >= 0.3 is 0 Å². The molecule has 3 nitrogen and oxygen atoms in total. The van der Waals surface area contributed by atoms with Crippen LogP contribution in [-0.4, -0.2) is 6.54 Å². The van der Waals surface area contributed by atoms with E-state index in [-0.39, 0.29) is 5.37 Å². The van der Waals surface area contributed by atoms with Crippen molar-refractivity contribution < 1.29 is 4.42 Å². The van der Waals surface area contributed by atoms with Crippen molar-refractivity contribution in [2.24, 2.45) is 0 Å². The van der Waals surface area contributed by atoms with Gasteiger partial charge in [-0.15, -0.1) is 0 Å². The van der Waals surface area contributed by atoms with E-state index in [4.69, 9.17) is 4.42 Å². The van der Waals surface area contributed by atoms with Gasteiger partial charge in [0.15, 0.2) is 0 Å². The van der Waals surface area contributed by atoms with E-state index < -0.39 is 0 Å². The highest BCUT2D eigenvalue weighted by Gasteiger charge is 2.28. The standard InChI is InChI=1S/C37H28N2OS/c1-2-10-22-39(29-14-8-4-9-15-29)31-19-17-28(23-27(31)13-5-1)37-38-36-34(41-37)21-20-32-35(36)30-18-16-26(24-33(30)40-32)25-11-6-3-7-12-25/h1-12,14-21,23-24,37-38H,13,22H2/b5-1-,10-2-. The van der Waals surface area contributed by atoms with Crippen molar-refractivity contribution in [3.05, 3.63) is 145 Å². The fraction of sp³-hybridized carbons (Fsp3) is 0.0811. The summed E-state index contributed by atoms with van der Waals surface area (Å²) in [5.41, 5.74) is 10.4. The number of furan rings is 1. The molecule has 41 heavy (non-hydrogen) atoms. The summed E-state index contributed by atoms with van der Waals surface area (Å²) in [6, 6.07) is 39.0. The number of anilines is 3. The Bertz CT molecular complexity index is 1960. The van der Waals surface area contributed by atoms with Gasteiger partial charge in [-0.2, -0.15) is 0 Å². The van der Waals surface area contributed by atoms with E-state index >= 15 is 0 Å². The molecule has 1 atom stereocenters. The Morgan fingerprint density at radius 3 is 2.44 bits per heavy atom. The lowest BCUT2D eigenvalue weighted by atomic mass is 10.0. The molecule has 0 saturated heterocycles. The Labute approximate surface area is 243 Å². The lowest BCUT2D eigenvalue weighted by Crippen LogP contribution is -2.18. The monoisotopic (exact) mass is 548 g/mol. The zero-order chi connectivity index (χ0) is 27.2. The molecule has 5 aromatic carbocycles. The second-order valence-electron chi connectivity index (χ2n) is 10.5. The smallest absolute Gasteiger partial charge is 0.137 e. The number of para-hydroxylation sites is 1. The average molecular weight is 549 g/mol. The van der Waals surface area contributed by atoms with Gasteiger partial charge in [-0.25, -0.2) is 0 Å². The summed E-state index contributed by atoms with van der Waals surface area (Å²) in [7, 11) is 0. The summed E-state index contributed by atoms with van der Waals surface area (Å²) in [6.07, 6.45) is 9.68. The average Bonchev–Trinajstić information content (AvgIpc) is 3.64. The van der Waals surface area contributed by atoms with Crippen LogP contribution in [0.5, 0.6) is 0 Å². The molecule has 0 saturated carbocycles. The number of allylic oxidation sites excluding steroid dienone is 3. The van der Waals surface area contributed by atoms with Gasteiger partial charge in [0.1, 0.15) is 16.5 Å². The summed E-state index contributed by atoms with van der Waals surface area (Å²) in [5, 5.41) is 6.32. The number of thioether (sulfide) groups is 1. The van der Waals surface area contributed by atoms with E-state index in [0.717, 1.165) is 29.5 Å². The third-order valence-electron chi connectivity index (χ3n) is 8.00. The predicted molar refractivity (Wildman–Crippen MR) is 173 cm³/mol. The Morgan fingerprint density at radius 2 is 1.56 bits per heavy atom. The highest BCUT2D eigenvalue weighted by atomic mass is 32.2. The van der Waals surface area contributed by atoms with E-state index in [2.05, 4.69) is 138 Å². The Hall–Kier alpha value is -4.67. The fourth-order valence-electron chi connectivity index (χ4n) is 6.00. The van der Waals surface area contributed by atoms with Crippen LogP contribution < -0.4 is 10.2 Å². The predicted octanol–water partition coefficient (Wildman–Crippen LogP) is 10.3. The lowest BCUT2D eigenvalue weighted by Gasteiger charge is -2.27. The number of fused-ring (bicyclic) bond motifs is 6. The molecular formula is C37H28N2OS. The summed E-state index contributed by atoms with van der Waals surface area (Å²) in [5.74, 6) is 0. The molecule has 0 bridgehead atoms. The zero-order valence-corrected chi connectivity index (χ0v) is 23.3. The molecule has 198 valence electrons. The van der Waals surface area contributed by atoms with Gasteiger partial charge in [-0.3, -0.25) is 0 Å². The van der Waals surface area contributed by atoms with Gasteiger partial charge < -0.3 is 14.6 Å². The van der Waals surface area contributed by atoms with Crippen LogP contribution in [0.15, 0.2) is 143 Å². The number of benzene rings is 5. The first-order valence-electron chi connectivity index (χ1n) is 14.1. The molecule has 1 unspecified atom stereocenters. The minimum absolute atomic E-state index is 0.134. The van der Waals surface area contributed by atoms with Crippen LogP contribution in [0.25, 0.3) is 33.1 Å². The van der Waals surface area contributed by atoms with Crippen molar-refractivity contribution in [3.63, 3.8) is 0 Å². The molecule has 6 aromatic rings. The first-order chi connectivity index (χ1) is 20.3. The van der Waals surface area contributed by atoms with Gasteiger partial charge in [-0.05, 0) is 71.1 Å². The molecule has 8 rings (SSSR count). The molecular weight excluding hydrogens is 520 g/mol. The van der Waals surface area contributed by atoms with Crippen LogP contribution >= 0.6 is 11.8 Å². The zero-order valence-electron chi connectivity index (χ0n) is 22.5. The lowest BCUT2D eigenvalue weighted by molar-refractivity contribution is 0.669. The van der Waals surface area contributed by atoms with E-state index in [1.54, 1.807) is 0 Å². The Morgan fingerprint density at radius 1 is 0.732 bits per heavy atom. The van der Waals surface area contributed by atoms with Crippen molar-refractivity contribution in [1.82, 2.24) is 0 Å². The summed E-state index contributed by atoms with van der Waals surface area (Å²) in [6.45, 7) is 0.833. The molecule has 0 amide bonds. The molecule has 0 aliphatic carbocycles. The first kappa shape index (κ1) is 24.2. The molecule has 2 aliphatic rings. The van der Waals surface area contributed by atoms with Gasteiger partial charge in [0.25, 0.3) is 0 Å². The number of nitrogens with zero attached hydrogens (tertiary/aromatic N) is 1. The van der Waals surface area contributed by atoms with Crippen molar-refractivity contribution in [3.8, 4) is 11.1 Å². The minimum atomic E-state index is 0.134. The molecule has 1 aromatic heterocycles. The van der Waals surface area contributed by atoms with Gasteiger partial charge in [0.05, 0.1) is 11.1 Å². The van der Waals surface area contributed by atoms with E-state index in [9.17, 15) is 0 Å². The van der Waals surface area contributed by atoms with Crippen molar-refractivity contribution in [2.75, 3.05) is 16.8 Å². The first-order valence-corrected chi connectivity index (χ1v) is 14.9. The summed E-state index contributed by atoms with van der Waals surface area (Å²) >= 11 is 1.88. The number of nitrogens with one attached hydrogen (secondary N) is 1. The van der Waals surface area contributed by atoms with Gasteiger partial charge in [-0.1, -0.05) is 103 Å². The normalized spacial score (nSPS) is 17.8. The number of rotatable bonds is 3. The van der Waals surface area contributed by atoms with Crippen molar-refractivity contribution in [1.29, 1.82) is 0 Å². The van der Waals surface area contributed by atoms with Crippen LogP contribution in [0.2, 0.25) is 0 Å². The highest BCUT2D eigenvalue weighted by molar-refractivity contribution is 8.00. The quantitative estimate of drug-likeness (QED) is 0.238. The molecule has 0 spiro atoms. The van der Waals surface area contributed by atoms with Crippen LogP contribution in [-0.2, 0) is 6.42 Å². The molecule has 2 aliphatic heterocycles. The van der Waals surface area contributed by atoms with Crippen LogP contribution in [0.1, 0.15) is 16.5 Å². The van der Waals surface area contributed by atoms with Gasteiger partial charge in [0.2, 0.25) is 0 Å². The maximum atomic E-state index is 6.38. The SMILES string of the molecule is C1=C\Cc2cc(C3Nc4c(ccc5oc6cc(-c7ccccc7)ccc6c45)S3)ccc2N(c2ccccc2)C\C=C/1.